The number of para-hydroxylation sites is 1. The van der Waals surface area contributed by atoms with Crippen LogP contribution in [0.1, 0.15) is 27.9 Å². The predicted molar refractivity (Wildman–Crippen MR) is 109 cm³/mol. The van der Waals surface area contributed by atoms with Gasteiger partial charge in [-0.1, -0.05) is 42.5 Å². The molecule has 1 aliphatic rings. The summed E-state index contributed by atoms with van der Waals surface area (Å²) in [5.41, 5.74) is 0.843. The highest BCUT2D eigenvalue weighted by molar-refractivity contribution is 5.90. The molecule has 0 spiro atoms. The Bertz CT molecular complexity index is 967. The maximum absolute atomic E-state index is 12.3. The van der Waals surface area contributed by atoms with Crippen LogP contribution in [0.5, 0.6) is 5.75 Å². The van der Waals surface area contributed by atoms with E-state index in [2.05, 4.69) is 6.07 Å². The third kappa shape index (κ3) is 4.74. The van der Waals surface area contributed by atoms with Gasteiger partial charge in [0.2, 0.25) is 0 Å². The average molecular weight is 389 g/mol. The highest BCUT2D eigenvalue weighted by Crippen LogP contribution is 2.32. The maximum atomic E-state index is 12.3. The summed E-state index contributed by atoms with van der Waals surface area (Å²) in [6.07, 6.45) is 4.87. The molecule has 0 saturated carbocycles. The lowest BCUT2D eigenvalue weighted by Gasteiger charge is -2.33. The molecule has 3 rings (SSSR count). The molecular formula is C24H23NO4. The van der Waals surface area contributed by atoms with E-state index in [4.69, 9.17) is 14.7 Å². The molecule has 29 heavy (non-hydrogen) atoms. The first-order valence-corrected chi connectivity index (χ1v) is 9.39. The molecule has 0 fully saturated rings. The molecule has 2 aromatic carbocycles. The monoisotopic (exact) mass is 389 g/mol. The van der Waals surface area contributed by atoms with Crippen molar-refractivity contribution in [3.63, 3.8) is 0 Å². The first-order valence-electron chi connectivity index (χ1n) is 9.39. The largest absolute Gasteiger partial charge is 0.490 e. The Hall–Kier alpha value is -3.36. The first kappa shape index (κ1) is 20.4. The Morgan fingerprint density at radius 2 is 1.83 bits per heavy atom. The predicted octanol–water partition coefficient (Wildman–Crippen LogP) is 4.25. The van der Waals surface area contributed by atoms with Crippen LogP contribution in [0.25, 0.3) is 0 Å². The van der Waals surface area contributed by atoms with Crippen molar-refractivity contribution in [3.05, 3.63) is 89.2 Å². The van der Waals surface area contributed by atoms with Crippen molar-refractivity contribution < 1.29 is 19.4 Å². The fourth-order valence-corrected chi connectivity index (χ4v) is 3.29. The molecule has 0 saturated heterocycles. The molecule has 148 valence electrons. The molecule has 5 heteroatoms. The van der Waals surface area contributed by atoms with Crippen molar-refractivity contribution in [2.24, 2.45) is 5.92 Å². The minimum absolute atomic E-state index is 0.0677. The number of hydrogen-bond acceptors (Lipinski definition) is 5. The number of ether oxygens (including phenoxy) is 2. The summed E-state index contributed by atoms with van der Waals surface area (Å²) in [4.78, 5) is 12.3. The van der Waals surface area contributed by atoms with Gasteiger partial charge in [-0.15, -0.1) is 0 Å². The number of carbonyl (C=O) groups is 1. The Morgan fingerprint density at radius 1 is 1.14 bits per heavy atom. The molecule has 5 nitrogen and oxygen atoms in total. The summed E-state index contributed by atoms with van der Waals surface area (Å²) in [5, 5.41) is 20.4. The fraction of sp³-hybridized carbons (Fsp3) is 0.250. The van der Waals surface area contributed by atoms with Crippen molar-refractivity contribution in [1.82, 2.24) is 0 Å². The summed E-state index contributed by atoms with van der Waals surface area (Å²) in [6.45, 7) is 3.80. The molecule has 1 aliphatic carbocycles. The smallest absolute Gasteiger partial charge is 0.343 e. The van der Waals surface area contributed by atoms with E-state index in [1.165, 1.54) is 6.08 Å². The Kier molecular flexibility index (Phi) is 6.16. The van der Waals surface area contributed by atoms with Gasteiger partial charge in [-0.3, -0.25) is 0 Å². The highest BCUT2D eigenvalue weighted by Gasteiger charge is 2.38. The van der Waals surface area contributed by atoms with Gasteiger partial charge in [-0.2, -0.15) is 5.26 Å². The van der Waals surface area contributed by atoms with Gasteiger partial charge < -0.3 is 14.6 Å². The van der Waals surface area contributed by atoms with Gasteiger partial charge >= 0.3 is 5.97 Å². The van der Waals surface area contributed by atoms with Crippen molar-refractivity contribution in [1.29, 1.82) is 5.26 Å². The van der Waals surface area contributed by atoms with Gasteiger partial charge in [0.1, 0.15) is 23.7 Å². The third-order valence-electron chi connectivity index (χ3n) is 4.91. The molecule has 2 atom stereocenters. The summed E-state index contributed by atoms with van der Waals surface area (Å²) in [6, 6.07) is 16.5. The standard InChI is InChI=1S/C24H23NO4/c1-17-7-6-8-18(2)22(17)28-16-24(27)15-21(12-11-20(24)13-14-25)29-23(26)19-9-4-3-5-10-19/h3-12,15,20,27H,13,16H2,1-2H3. The summed E-state index contributed by atoms with van der Waals surface area (Å²) >= 11 is 0. The van der Waals surface area contributed by atoms with Crippen LogP contribution < -0.4 is 4.74 Å². The molecule has 0 aromatic heterocycles. The topological polar surface area (TPSA) is 79.5 Å². The number of rotatable bonds is 6. The molecule has 2 aromatic rings. The van der Waals surface area contributed by atoms with Gasteiger partial charge in [0.05, 0.1) is 11.6 Å². The number of hydrogen-bond donors (Lipinski definition) is 1. The Balaban J connectivity index is 1.81. The second-order valence-corrected chi connectivity index (χ2v) is 7.13. The lowest BCUT2D eigenvalue weighted by atomic mass is 9.82. The molecule has 0 heterocycles. The summed E-state index contributed by atoms with van der Waals surface area (Å²) < 4.78 is 11.4. The van der Waals surface area contributed by atoms with E-state index in [9.17, 15) is 9.90 Å². The van der Waals surface area contributed by atoms with E-state index in [-0.39, 0.29) is 18.8 Å². The lowest BCUT2D eigenvalue weighted by Crippen LogP contribution is -2.43. The number of nitrogens with zero attached hydrogens (tertiary/aromatic N) is 1. The minimum Gasteiger partial charge on any atom is -0.490 e. The zero-order valence-corrected chi connectivity index (χ0v) is 16.5. The van der Waals surface area contributed by atoms with Crippen LogP contribution in [0, 0.1) is 31.1 Å². The van der Waals surface area contributed by atoms with Crippen molar-refractivity contribution in [3.8, 4) is 11.8 Å². The van der Waals surface area contributed by atoms with E-state index >= 15 is 0 Å². The zero-order chi connectivity index (χ0) is 20.9. The van der Waals surface area contributed by atoms with Crippen LogP contribution in [0.3, 0.4) is 0 Å². The molecular weight excluding hydrogens is 366 g/mol. The number of aryl methyl sites for hydroxylation is 2. The van der Waals surface area contributed by atoms with Crippen molar-refractivity contribution in [2.45, 2.75) is 25.9 Å². The van der Waals surface area contributed by atoms with Gasteiger partial charge in [0, 0.05) is 12.3 Å². The number of allylic oxidation sites excluding steroid dienone is 1. The van der Waals surface area contributed by atoms with Crippen LogP contribution in [-0.2, 0) is 4.74 Å². The van der Waals surface area contributed by atoms with E-state index in [1.54, 1.807) is 36.4 Å². The molecule has 0 bridgehead atoms. The zero-order valence-electron chi connectivity index (χ0n) is 16.5. The fourth-order valence-electron chi connectivity index (χ4n) is 3.29. The SMILES string of the molecule is Cc1cccc(C)c1OCC1(O)C=C(OC(=O)c2ccccc2)C=CC1CC#N. The second kappa shape index (κ2) is 8.76. The lowest BCUT2D eigenvalue weighted by molar-refractivity contribution is -0.00135. The molecule has 2 unspecified atom stereocenters. The first-order chi connectivity index (χ1) is 13.9. The summed E-state index contributed by atoms with van der Waals surface area (Å²) in [5.74, 6) is -0.0719. The highest BCUT2D eigenvalue weighted by atomic mass is 16.5. The Labute approximate surface area is 170 Å². The normalized spacial score (nSPS) is 20.5. The average Bonchev–Trinajstić information content (AvgIpc) is 2.70. The van der Waals surface area contributed by atoms with E-state index < -0.39 is 17.5 Å². The third-order valence-corrected chi connectivity index (χ3v) is 4.91. The van der Waals surface area contributed by atoms with E-state index in [0.717, 1.165) is 11.1 Å². The molecule has 0 amide bonds. The van der Waals surface area contributed by atoms with Crippen LogP contribution >= 0.6 is 0 Å². The summed E-state index contributed by atoms with van der Waals surface area (Å²) in [7, 11) is 0. The van der Waals surface area contributed by atoms with E-state index in [1.807, 2.05) is 38.1 Å². The number of nitriles is 1. The van der Waals surface area contributed by atoms with Crippen LogP contribution in [0.15, 0.2) is 72.5 Å². The number of esters is 1. The molecule has 0 radical (unpaired) electrons. The van der Waals surface area contributed by atoms with Gasteiger partial charge in [0.15, 0.2) is 0 Å². The van der Waals surface area contributed by atoms with Crippen molar-refractivity contribution in [2.75, 3.05) is 6.61 Å². The van der Waals surface area contributed by atoms with Crippen LogP contribution in [0.4, 0.5) is 0 Å². The van der Waals surface area contributed by atoms with Crippen LogP contribution in [0.2, 0.25) is 0 Å². The maximum Gasteiger partial charge on any atom is 0.343 e. The van der Waals surface area contributed by atoms with E-state index in [0.29, 0.717) is 11.3 Å². The van der Waals surface area contributed by atoms with Gasteiger partial charge in [-0.05, 0) is 49.3 Å². The van der Waals surface area contributed by atoms with Gasteiger partial charge in [0.25, 0.3) is 0 Å². The number of benzene rings is 2. The van der Waals surface area contributed by atoms with Gasteiger partial charge in [-0.25, -0.2) is 4.79 Å². The van der Waals surface area contributed by atoms with Crippen LogP contribution in [-0.4, -0.2) is 23.3 Å². The minimum atomic E-state index is -1.48. The number of carbonyl (C=O) groups excluding carboxylic acids is 1. The second-order valence-electron chi connectivity index (χ2n) is 7.13. The quantitative estimate of drug-likeness (QED) is 0.747. The Morgan fingerprint density at radius 3 is 2.48 bits per heavy atom. The number of aliphatic hydroxyl groups is 1. The molecule has 0 aliphatic heterocycles. The molecule has 1 N–H and O–H groups in total. The van der Waals surface area contributed by atoms with Crippen molar-refractivity contribution >= 4 is 5.97 Å².